The summed E-state index contributed by atoms with van der Waals surface area (Å²) in [6, 6.07) is 0. The minimum atomic E-state index is -0.182. The van der Waals surface area contributed by atoms with Gasteiger partial charge in [0.1, 0.15) is 11.9 Å². The molecule has 5 aliphatic carbocycles. The molecule has 0 N–H and O–H groups in total. The first-order valence-corrected chi connectivity index (χ1v) is 14.4. The number of rotatable bonds is 2. The molecule has 0 amide bonds. The van der Waals surface area contributed by atoms with Gasteiger partial charge in [-0.1, -0.05) is 48.0 Å². The summed E-state index contributed by atoms with van der Waals surface area (Å²) in [6.45, 7) is 18.8. The number of esters is 1. The van der Waals surface area contributed by atoms with E-state index in [-0.39, 0.29) is 28.8 Å². The molecule has 10 atom stereocenters. The van der Waals surface area contributed by atoms with Crippen molar-refractivity contribution in [2.75, 3.05) is 0 Å². The molecule has 0 aromatic rings. The molecule has 34 heavy (non-hydrogen) atoms. The Hall–Kier alpha value is -0.860. The molecule has 0 saturated heterocycles. The number of fused-ring (bicyclic) bond motifs is 7. The van der Waals surface area contributed by atoms with Gasteiger partial charge in [0.2, 0.25) is 0 Å². The van der Waals surface area contributed by atoms with E-state index in [1.807, 2.05) is 0 Å². The van der Waals surface area contributed by atoms with Crippen molar-refractivity contribution in [3.63, 3.8) is 0 Å². The van der Waals surface area contributed by atoms with Gasteiger partial charge in [0, 0.05) is 18.3 Å². The number of carbonyl (C=O) groups is 2. The van der Waals surface area contributed by atoms with Crippen molar-refractivity contribution in [2.24, 2.45) is 56.7 Å². The lowest BCUT2D eigenvalue weighted by Crippen LogP contribution is -2.67. The minimum absolute atomic E-state index is 0.0526. The second kappa shape index (κ2) is 7.58. The Morgan fingerprint density at radius 2 is 1.35 bits per heavy atom. The molecule has 4 unspecified atom stereocenters. The van der Waals surface area contributed by atoms with Crippen LogP contribution in [0.15, 0.2) is 0 Å². The first-order chi connectivity index (χ1) is 15.7. The summed E-state index contributed by atoms with van der Waals surface area (Å²) < 4.78 is 6.07. The van der Waals surface area contributed by atoms with Crippen LogP contribution in [0, 0.1) is 56.7 Å². The van der Waals surface area contributed by atoms with Crippen LogP contribution in [0.4, 0.5) is 0 Å². The predicted octanol–water partition coefficient (Wildman–Crippen LogP) is 7.61. The van der Waals surface area contributed by atoms with E-state index in [4.69, 9.17) is 4.74 Å². The maximum absolute atomic E-state index is 12.7. The molecule has 0 bridgehead atoms. The molecule has 5 aliphatic rings. The van der Waals surface area contributed by atoms with Gasteiger partial charge in [-0.15, -0.1) is 0 Å². The summed E-state index contributed by atoms with van der Waals surface area (Å²) in [5.74, 6) is 2.65. The van der Waals surface area contributed by atoms with Crippen LogP contribution in [0.2, 0.25) is 0 Å². The first kappa shape index (κ1) is 24.8. The van der Waals surface area contributed by atoms with E-state index in [9.17, 15) is 9.59 Å². The van der Waals surface area contributed by atoms with Crippen LogP contribution in [0.3, 0.4) is 0 Å². The van der Waals surface area contributed by atoms with Gasteiger partial charge >= 0.3 is 5.97 Å². The van der Waals surface area contributed by atoms with Crippen molar-refractivity contribution in [3.8, 4) is 0 Å². The molecule has 3 nitrogen and oxygen atoms in total. The number of hydrogen-bond donors (Lipinski definition) is 0. The topological polar surface area (TPSA) is 43.4 Å². The minimum Gasteiger partial charge on any atom is -0.462 e. The van der Waals surface area contributed by atoms with Crippen LogP contribution in [-0.4, -0.2) is 17.9 Å². The summed E-state index contributed by atoms with van der Waals surface area (Å²) in [5.41, 5.74) is 1.36. The SMILES string of the molecule is CC(=O)O[C@@H]1C[C@@H](C(C)=O)C2CC[C@]3(C)C(CCC4[C@@]5(C)CCCC(C)(C)C5CC[C@]43C)[C@]21C. The van der Waals surface area contributed by atoms with E-state index < -0.39 is 0 Å². The highest BCUT2D eigenvalue weighted by molar-refractivity contribution is 5.79. The van der Waals surface area contributed by atoms with Gasteiger partial charge in [0.15, 0.2) is 0 Å². The molecule has 192 valence electrons. The summed E-state index contributed by atoms with van der Waals surface area (Å²) in [6.07, 6.45) is 12.3. The third-order valence-corrected chi connectivity index (χ3v) is 13.6. The number of ether oxygens (including phenoxy) is 1. The highest BCUT2D eigenvalue weighted by atomic mass is 16.5. The van der Waals surface area contributed by atoms with Crippen LogP contribution in [0.5, 0.6) is 0 Å². The number of carbonyl (C=O) groups excluding carboxylic acids is 2. The Labute approximate surface area is 208 Å². The molecule has 0 aromatic heterocycles. The maximum atomic E-state index is 12.7. The van der Waals surface area contributed by atoms with E-state index in [2.05, 4.69) is 41.5 Å². The average molecular weight is 471 g/mol. The second-order valence-corrected chi connectivity index (χ2v) is 15.0. The molecule has 0 aromatic carbocycles. The third kappa shape index (κ3) is 3.00. The quantitative estimate of drug-likeness (QED) is 0.390. The molecule has 5 saturated carbocycles. The summed E-state index contributed by atoms with van der Waals surface area (Å²) >= 11 is 0. The Balaban J connectivity index is 1.56. The lowest BCUT2D eigenvalue weighted by atomic mass is 9.32. The Kier molecular flexibility index (Phi) is 5.53. The largest absolute Gasteiger partial charge is 0.462 e. The van der Waals surface area contributed by atoms with Crippen LogP contribution in [0.1, 0.15) is 120 Å². The van der Waals surface area contributed by atoms with Crippen molar-refractivity contribution < 1.29 is 14.3 Å². The third-order valence-electron chi connectivity index (χ3n) is 13.6. The van der Waals surface area contributed by atoms with Gasteiger partial charge in [-0.2, -0.15) is 0 Å². The number of hydrogen-bond acceptors (Lipinski definition) is 3. The smallest absolute Gasteiger partial charge is 0.302 e. The van der Waals surface area contributed by atoms with Crippen molar-refractivity contribution in [1.82, 2.24) is 0 Å². The highest BCUT2D eigenvalue weighted by Crippen LogP contribution is 2.78. The lowest BCUT2D eigenvalue weighted by Gasteiger charge is -2.73. The van der Waals surface area contributed by atoms with E-state index >= 15 is 0 Å². The summed E-state index contributed by atoms with van der Waals surface area (Å²) in [5, 5.41) is 0. The molecule has 0 spiro atoms. The fourth-order valence-electron chi connectivity index (χ4n) is 12.1. The fraction of sp³-hybridized carbons (Fsp3) is 0.935. The van der Waals surface area contributed by atoms with Crippen LogP contribution < -0.4 is 0 Å². The van der Waals surface area contributed by atoms with Gasteiger partial charge < -0.3 is 4.74 Å². The van der Waals surface area contributed by atoms with Crippen LogP contribution in [-0.2, 0) is 14.3 Å². The molecule has 5 rings (SSSR count). The Morgan fingerprint density at radius 3 is 2.00 bits per heavy atom. The Bertz CT molecular complexity index is 876. The standard InChI is InChI=1S/C31H50O3/c1-19(32)21-18-26(34-20(2)33)31(8)22(21)12-16-30(7)25(31)11-10-24-28(5)15-9-14-27(3,4)23(28)13-17-29(24,30)6/h21-26H,9-18H2,1-8H3/t21-,22?,23?,24?,25?,26+,28-,29+,30+,31-/m0/s1. The van der Waals surface area contributed by atoms with Crippen molar-refractivity contribution in [3.05, 3.63) is 0 Å². The zero-order valence-corrected chi connectivity index (χ0v) is 23.3. The first-order valence-electron chi connectivity index (χ1n) is 14.4. The highest BCUT2D eigenvalue weighted by Gasteiger charge is 2.72. The molecule has 5 fully saturated rings. The maximum Gasteiger partial charge on any atom is 0.302 e. The molecule has 0 radical (unpaired) electrons. The predicted molar refractivity (Wildman–Crippen MR) is 136 cm³/mol. The molecule has 3 heteroatoms. The lowest BCUT2D eigenvalue weighted by molar-refractivity contribution is -0.250. The van der Waals surface area contributed by atoms with Crippen LogP contribution >= 0.6 is 0 Å². The van der Waals surface area contributed by atoms with Gasteiger partial charge in [0.25, 0.3) is 0 Å². The Morgan fingerprint density at radius 1 is 0.735 bits per heavy atom. The monoisotopic (exact) mass is 470 g/mol. The molecular formula is C31H50O3. The van der Waals surface area contributed by atoms with Gasteiger partial charge in [-0.25, -0.2) is 0 Å². The van der Waals surface area contributed by atoms with Crippen LogP contribution in [0.25, 0.3) is 0 Å². The van der Waals surface area contributed by atoms with Crippen molar-refractivity contribution >= 4 is 11.8 Å². The van der Waals surface area contributed by atoms with Gasteiger partial charge in [-0.05, 0) is 110 Å². The average Bonchev–Trinajstić information content (AvgIpc) is 3.00. The zero-order chi connectivity index (χ0) is 24.9. The number of ketones is 1. The molecular weight excluding hydrogens is 420 g/mol. The summed E-state index contributed by atoms with van der Waals surface area (Å²) in [4.78, 5) is 24.9. The normalized spacial score (nSPS) is 53.6. The van der Waals surface area contributed by atoms with Gasteiger partial charge in [-0.3, -0.25) is 9.59 Å². The fourth-order valence-corrected chi connectivity index (χ4v) is 12.1. The molecule has 0 aliphatic heterocycles. The zero-order valence-electron chi connectivity index (χ0n) is 23.3. The van der Waals surface area contributed by atoms with E-state index in [1.54, 1.807) is 13.8 Å². The van der Waals surface area contributed by atoms with Gasteiger partial charge in [0.05, 0.1) is 0 Å². The number of Topliss-reactive ketones (excluding diaryl/α,β-unsaturated/α-hetero) is 1. The van der Waals surface area contributed by atoms with E-state index in [1.165, 1.54) is 51.4 Å². The van der Waals surface area contributed by atoms with E-state index in [0.717, 1.165) is 24.7 Å². The second-order valence-electron chi connectivity index (χ2n) is 15.0. The molecule has 0 heterocycles. The summed E-state index contributed by atoms with van der Waals surface area (Å²) in [7, 11) is 0. The van der Waals surface area contributed by atoms with Crippen molar-refractivity contribution in [1.29, 1.82) is 0 Å². The van der Waals surface area contributed by atoms with E-state index in [0.29, 0.717) is 33.9 Å². The van der Waals surface area contributed by atoms with Crippen molar-refractivity contribution in [2.45, 2.75) is 126 Å².